The van der Waals surface area contributed by atoms with Crippen molar-refractivity contribution in [1.29, 1.82) is 0 Å². The van der Waals surface area contributed by atoms with Crippen molar-refractivity contribution in [3.05, 3.63) is 0 Å². The highest BCUT2D eigenvalue weighted by Gasteiger charge is 2.32. The van der Waals surface area contributed by atoms with Gasteiger partial charge in [0.25, 0.3) is 0 Å². The highest BCUT2D eigenvalue weighted by Crippen LogP contribution is 2.09. The van der Waals surface area contributed by atoms with Crippen LogP contribution in [0.3, 0.4) is 0 Å². The Morgan fingerprint density at radius 1 is 1.30 bits per heavy atom. The average Bonchev–Trinajstić information content (AvgIpc) is 1.88. The molecule has 10 heavy (non-hydrogen) atoms. The molecule has 1 aliphatic heterocycles. The highest BCUT2D eigenvalue weighted by atomic mass is 19.1. The molecule has 2 atom stereocenters. The maximum absolute atomic E-state index is 12.7. The molecule has 1 rings (SSSR count). The Labute approximate surface area is 57.9 Å². The predicted octanol–water partition coefficient (Wildman–Crippen LogP) is -0.902. The second kappa shape index (κ2) is 3.23. The summed E-state index contributed by atoms with van der Waals surface area (Å²) in [7, 11) is 0. The number of nitrogens with one attached hydrogen (secondary N) is 2. The van der Waals surface area contributed by atoms with Gasteiger partial charge in [-0.05, 0) is 0 Å². The van der Waals surface area contributed by atoms with Gasteiger partial charge in [-0.2, -0.15) is 0 Å². The summed E-state index contributed by atoms with van der Waals surface area (Å²) in [6.07, 6.45) is -2.46. The second-order valence-electron chi connectivity index (χ2n) is 2.38. The summed E-state index contributed by atoms with van der Waals surface area (Å²) in [6.45, 7) is 0.352. The Bertz CT molecular complexity index is 101. The number of halogens is 2. The predicted molar refractivity (Wildman–Crippen MR) is 33.8 cm³/mol. The lowest BCUT2D eigenvalue weighted by atomic mass is 10.0. The first-order valence-electron chi connectivity index (χ1n) is 3.20. The third-order valence-electron chi connectivity index (χ3n) is 1.65. The lowest BCUT2D eigenvalue weighted by Crippen LogP contribution is -2.58. The van der Waals surface area contributed by atoms with Gasteiger partial charge in [-0.3, -0.25) is 11.3 Å². The first-order valence-corrected chi connectivity index (χ1v) is 3.20. The van der Waals surface area contributed by atoms with Crippen molar-refractivity contribution in [1.82, 2.24) is 10.7 Å². The van der Waals surface area contributed by atoms with E-state index in [4.69, 9.17) is 5.84 Å². The molecule has 0 aromatic carbocycles. The zero-order chi connectivity index (χ0) is 7.56. The summed E-state index contributed by atoms with van der Waals surface area (Å²) in [6, 6.07) is -0.846. The van der Waals surface area contributed by atoms with E-state index in [0.717, 1.165) is 0 Å². The van der Waals surface area contributed by atoms with E-state index in [0.29, 0.717) is 0 Å². The summed E-state index contributed by atoms with van der Waals surface area (Å²) in [5, 5.41) is 2.60. The van der Waals surface area contributed by atoms with E-state index in [1.54, 1.807) is 0 Å². The molecule has 0 saturated carbocycles. The molecule has 0 aliphatic carbocycles. The molecular formula is C5H11F2N3. The molecule has 4 N–H and O–H groups in total. The number of hydrogen-bond acceptors (Lipinski definition) is 3. The second-order valence-corrected chi connectivity index (χ2v) is 2.38. The van der Waals surface area contributed by atoms with Crippen molar-refractivity contribution in [3.8, 4) is 0 Å². The Balaban J connectivity index is 2.45. The van der Waals surface area contributed by atoms with Crippen LogP contribution in [0.4, 0.5) is 8.78 Å². The van der Waals surface area contributed by atoms with Crippen LogP contribution in [0.2, 0.25) is 0 Å². The van der Waals surface area contributed by atoms with Crippen LogP contribution in [0.1, 0.15) is 0 Å². The fourth-order valence-electron chi connectivity index (χ4n) is 1.05. The Kier molecular flexibility index (Phi) is 2.53. The van der Waals surface area contributed by atoms with E-state index in [9.17, 15) is 8.78 Å². The number of hydrazine groups is 1. The van der Waals surface area contributed by atoms with Gasteiger partial charge >= 0.3 is 0 Å². The van der Waals surface area contributed by atoms with Crippen LogP contribution >= 0.6 is 0 Å². The van der Waals surface area contributed by atoms with E-state index >= 15 is 0 Å². The Hall–Kier alpha value is -0.260. The SMILES string of the molecule is NNC1C(F)CNCC1F. The maximum Gasteiger partial charge on any atom is 0.132 e. The van der Waals surface area contributed by atoms with Gasteiger partial charge in [-0.25, -0.2) is 8.78 Å². The van der Waals surface area contributed by atoms with Crippen molar-refractivity contribution in [3.63, 3.8) is 0 Å². The van der Waals surface area contributed by atoms with Crippen molar-refractivity contribution in [2.24, 2.45) is 5.84 Å². The van der Waals surface area contributed by atoms with Gasteiger partial charge in [-0.1, -0.05) is 0 Å². The zero-order valence-electron chi connectivity index (χ0n) is 5.48. The number of rotatable bonds is 1. The molecule has 1 heterocycles. The molecule has 1 aliphatic rings. The van der Waals surface area contributed by atoms with Crippen molar-refractivity contribution in [2.45, 2.75) is 18.4 Å². The summed E-state index contributed by atoms with van der Waals surface area (Å²) in [5.41, 5.74) is 2.11. The minimum absolute atomic E-state index is 0.176. The molecule has 0 amide bonds. The van der Waals surface area contributed by atoms with Crippen LogP contribution in [0.15, 0.2) is 0 Å². The molecule has 1 saturated heterocycles. The standard InChI is InChI=1S/C5H11F2N3/c6-3-1-9-2-4(7)5(3)10-8/h3-5,9-10H,1-2,8H2. The van der Waals surface area contributed by atoms with Crippen LogP contribution in [0.5, 0.6) is 0 Å². The smallest absolute Gasteiger partial charge is 0.132 e. The third-order valence-corrected chi connectivity index (χ3v) is 1.65. The van der Waals surface area contributed by atoms with E-state index < -0.39 is 18.4 Å². The highest BCUT2D eigenvalue weighted by molar-refractivity contribution is 4.88. The van der Waals surface area contributed by atoms with Crippen molar-refractivity contribution < 1.29 is 8.78 Å². The molecule has 0 spiro atoms. The van der Waals surface area contributed by atoms with Gasteiger partial charge in [0.15, 0.2) is 0 Å². The number of alkyl halides is 2. The average molecular weight is 151 g/mol. The fourth-order valence-corrected chi connectivity index (χ4v) is 1.05. The number of piperidine rings is 1. The molecular weight excluding hydrogens is 140 g/mol. The molecule has 0 aromatic heterocycles. The van der Waals surface area contributed by atoms with Crippen LogP contribution < -0.4 is 16.6 Å². The van der Waals surface area contributed by atoms with Gasteiger partial charge in [-0.15, -0.1) is 0 Å². The first-order chi connectivity index (χ1) is 4.75. The molecule has 60 valence electrons. The first kappa shape index (κ1) is 7.84. The molecule has 1 fully saturated rings. The topological polar surface area (TPSA) is 50.1 Å². The van der Waals surface area contributed by atoms with E-state index in [2.05, 4.69) is 10.7 Å². The molecule has 5 heteroatoms. The maximum atomic E-state index is 12.7. The lowest BCUT2D eigenvalue weighted by Gasteiger charge is -2.29. The lowest BCUT2D eigenvalue weighted by molar-refractivity contribution is 0.117. The minimum atomic E-state index is -1.23. The van der Waals surface area contributed by atoms with Crippen LogP contribution in [-0.2, 0) is 0 Å². The fraction of sp³-hybridized carbons (Fsp3) is 1.00. The summed E-state index contributed by atoms with van der Waals surface area (Å²) in [5.74, 6) is 4.93. The van der Waals surface area contributed by atoms with Gasteiger partial charge in [0.05, 0.1) is 6.04 Å². The summed E-state index contributed by atoms with van der Waals surface area (Å²) >= 11 is 0. The van der Waals surface area contributed by atoms with Gasteiger partial charge in [0.2, 0.25) is 0 Å². The molecule has 0 aromatic rings. The van der Waals surface area contributed by atoms with Crippen LogP contribution in [0.25, 0.3) is 0 Å². The monoisotopic (exact) mass is 151 g/mol. The van der Waals surface area contributed by atoms with Crippen LogP contribution in [0, 0.1) is 0 Å². The summed E-state index contributed by atoms with van der Waals surface area (Å²) in [4.78, 5) is 0. The van der Waals surface area contributed by atoms with Crippen molar-refractivity contribution in [2.75, 3.05) is 13.1 Å². The van der Waals surface area contributed by atoms with Crippen molar-refractivity contribution >= 4 is 0 Å². The molecule has 0 bridgehead atoms. The molecule has 3 nitrogen and oxygen atoms in total. The quantitative estimate of drug-likeness (QED) is 0.336. The van der Waals surface area contributed by atoms with Gasteiger partial charge < -0.3 is 5.32 Å². The van der Waals surface area contributed by atoms with E-state index in [-0.39, 0.29) is 13.1 Å². The number of hydrogen-bond donors (Lipinski definition) is 3. The normalized spacial score (nSPS) is 41.7. The van der Waals surface area contributed by atoms with E-state index in [1.807, 2.05) is 0 Å². The molecule has 2 unspecified atom stereocenters. The summed E-state index contributed by atoms with van der Waals surface area (Å²) < 4.78 is 25.3. The Morgan fingerprint density at radius 3 is 2.10 bits per heavy atom. The third kappa shape index (κ3) is 1.42. The van der Waals surface area contributed by atoms with Gasteiger partial charge in [0.1, 0.15) is 12.3 Å². The minimum Gasteiger partial charge on any atom is -0.311 e. The van der Waals surface area contributed by atoms with Crippen LogP contribution in [-0.4, -0.2) is 31.5 Å². The largest absolute Gasteiger partial charge is 0.311 e. The number of nitrogens with two attached hydrogens (primary N) is 1. The van der Waals surface area contributed by atoms with E-state index in [1.165, 1.54) is 0 Å². The van der Waals surface area contributed by atoms with Gasteiger partial charge in [0, 0.05) is 13.1 Å². The molecule has 0 radical (unpaired) electrons. The zero-order valence-corrected chi connectivity index (χ0v) is 5.48. The Morgan fingerprint density at radius 2 is 1.80 bits per heavy atom.